The number of aromatic nitrogens is 1. The summed E-state index contributed by atoms with van der Waals surface area (Å²) >= 11 is 0. The summed E-state index contributed by atoms with van der Waals surface area (Å²) in [6.07, 6.45) is 1.74. The second kappa shape index (κ2) is 7.85. The van der Waals surface area contributed by atoms with Gasteiger partial charge in [0.15, 0.2) is 0 Å². The van der Waals surface area contributed by atoms with E-state index in [9.17, 15) is 8.42 Å². The molecule has 0 radical (unpaired) electrons. The molecular formula is C20H22N2O3S. The van der Waals surface area contributed by atoms with Crippen molar-refractivity contribution in [3.05, 3.63) is 66.4 Å². The lowest BCUT2D eigenvalue weighted by Crippen LogP contribution is -2.28. The molecule has 2 aromatic carbocycles. The van der Waals surface area contributed by atoms with E-state index in [-0.39, 0.29) is 18.0 Å². The van der Waals surface area contributed by atoms with Gasteiger partial charge in [-0.2, -0.15) is 0 Å². The molecule has 3 rings (SSSR count). The van der Waals surface area contributed by atoms with Crippen molar-refractivity contribution < 1.29 is 13.2 Å². The van der Waals surface area contributed by atoms with Gasteiger partial charge in [0.25, 0.3) is 0 Å². The van der Waals surface area contributed by atoms with Crippen molar-refractivity contribution in [3.8, 4) is 5.75 Å². The highest BCUT2D eigenvalue weighted by atomic mass is 32.2. The number of pyridine rings is 1. The summed E-state index contributed by atoms with van der Waals surface area (Å²) in [5.74, 6) is 1.05. The third kappa shape index (κ3) is 4.39. The van der Waals surface area contributed by atoms with Crippen LogP contribution in [-0.2, 0) is 10.0 Å². The van der Waals surface area contributed by atoms with Crippen LogP contribution in [0, 0.1) is 0 Å². The van der Waals surface area contributed by atoms with E-state index in [2.05, 4.69) is 23.6 Å². The molecule has 0 aliphatic rings. The number of hydrogen-bond donors (Lipinski definition) is 1. The molecule has 136 valence electrons. The Balaban J connectivity index is 1.56. The lowest BCUT2D eigenvalue weighted by Gasteiger charge is -2.10. The van der Waals surface area contributed by atoms with Crippen LogP contribution in [0.1, 0.15) is 25.3 Å². The van der Waals surface area contributed by atoms with Crippen LogP contribution < -0.4 is 9.46 Å². The molecule has 6 heteroatoms. The maximum absolute atomic E-state index is 12.3. The number of sulfonamides is 1. The molecule has 0 spiro atoms. The standard InChI is InChI=1S/C20H22N2O3S/c1-15(2)16-5-8-19(9-6-16)26(23,24)22-12-13-25-18-7-10-20-17(14-18)4-3-11-21-20/h3-11,14-15,22H,12-13H2,1-2H3. The van der Waals surface area contributed by atoms with Crippen LogP contribution in [0.4, 0.5) is 0 Å². The van der Waals surface area contributed by atoms with E-state index in [1.54, 1.807) is 18.3 Å². The number of hydrogen-bond acceptors (Lipinski definition) is 4. The first kappa shape index (κ1) is 18.4. The van der Waals surface area contributed by atoms with Crippen LogP contribution in [0.5, 0.6) is 5.75 Å². The van der Waals surface area contributed by atoms with Crippen molar-refractivity contribution in [2.45, 2.75) is 24.7 Å². The van der Waals surface area contributed by atoms with Gasteiger partial charge in [-0.15, -0.1) is 0 Å². The number of benzene rings is 2. The second-order valence-electron chi connectivity index (χ2n) is 6.33. The van der Waals surface area contributed by atoms with Gasteiger partial charge in [-0.05, 0) is 47.9 Å². The first-order valence-corrected chi connectivity index (χ1v) is 10.0. The number of rotatable bonds is 7. The fraction of sp³-hybridized carbons (Fsp3) is 0.250. The smallest absolute Gasteiger partial charge is 0.240 e. The van der Waals surface area contributed by atoms with E-state index in [1.807, 2.05) is 42.5 Å². The lowest BCUT2D eigenvalue weighted by atomic mass is 10.0. The zero-order chi connectivity index (χ0) is 18.6. The molecule has 0 atom stereocenters. The Bertz CT molecular complexity index is 983. The molecule has 0 aliphatic heterocycles. The van der Waals surface area contributed by atoms with Gasteiger partial charge in [0.1, 0.15) is 12.4 Å². The van der Waals surface area contributed by atoms with Gasteiger partial charge in [-0.3, -0.25) is 4.98 Å². The molecule has 0 aliphatic carbocycles. The third-order valence-electron chi connectivity index (χ3n) is 4.09. The summed E-state index contributed by atoms with van der Waals surface area (Å²) in [7, 11) is -3.53. The molecule has 1 N–H and O–H groups in total. The summed E-state index contributed by atoms with van der Waals surface area (Å²) in [4.78, 5) is 4.52. The Morgan fingerprint density at radius 3 is 2.58 bits per heavy atom. The van der Waals surface area contributed by atoms with Gasteiger partial charge in [0, 0.05) is 18.1 Å². The summed E-state index contributed by atoms with van der Waals surface area (Å²) in [6.45, 7) is 4.58. The molecular weight excluding hydrogens is 348 g/mol. The maximum Gasteiger partial charge on any atom is 0.240 e. The lowest BCUT2D eigenvalue weighted by molar-refractivity contribution is 0.323. The highest BCUT2D eigenvalue weighted by Gasteiger charge is 2.13. The molecule has 0 saturated carbocycles. The average molecular weight is 370 g/mol. The van der Waals surface area contributed by atoms with Gasteiger partial charge in [0.2, 0.25) is 10.0 Å². The molecule has 1 heterocycles. The third-order valence-corrected chi connectivity index (χ3v) is 5.57. The highest BCUT2D eigenvalue weighted by Crippen LogP contribution is 2.19. The van der Waals surface area contributed by atoms with Crippen molar-refractivity contribution in [1.29, 1.82) is 0 Å². The van der Waals surface area contributed by atoms with E-state index in [0.29, 0.717) is 11.7 Å². The van der Waals surface area contributed by atoms with Gasteiger partial charge in [-0.25, -0.2) is 13.1 Å². The van der Waals surface area contributed by atoms with Crippen molar-refractivity contribution in [3.63, 3.8) is 0 Å². The number of nitrogens with zero attached hydrogens (tertiary/aromatic N) is 1. The minimum atomic E-state index is -3.53. The Morgan fingerprint density at radius 1 is 1.08 bits per heavy atom. The minimum absolute atomic E-state index is 0.194. The first-order valence-electron chi connectivity index (χ1n) is 8.53. The quantitative estimate of drug-likeness (QED) is 0.644. The topological polar surface area (TPSA) is 68.3 Å². The Morgan fingerprint density at radius 2 is 1.85 bits per heavy atom. The zero-order valence-electron chi connectivity index (χ0n) is 14.8. The van der Waals surface area contributed by atoms with Crippen molar-refractivity contribution in [1.82, 2.24) is 9.71 Å². The second-order valence-corrected chi connectivity index (χ2v) is 8.09. The SMILES string of the molecule is CC(C)c1ccc(S(=O)(=O)NCCOc2ccc3ncccc3c2)cc1. The summed E-state index contributed by atoms with van der Waals surface area (Å²) in [5, 5.41) is 0.982. The largest absolute Gasteiger partial charge is 0.492 e. The normalized spacial score (nSPS) is 11.8. The van der Waals surface area contributed by atoms with Crippen LogP contribution in [0.2, 0.25) is 0 Å². The molecule has 0 saturated heterocycles. The molecule has 3 aromatic rings. The first-order chi connectivity index (χ1) is 12.5. The molecule has 0 amide bonds. The maximum atomic E-state index is 12.3. The molecule has 0 bridgehead atoms. The zero-order valence-corrected chi connectivity index (χ0v) is 15.7. The fourth-order valence-corrected chi connectivity index (χ4v) is 3.62. The monoisotopic (exact) mass is 370 g/mol. The predicted molar refractivity (Wildman–Crippen MR) is 103 cm³/mol. The molecule has 5 nitrogen and oxygen atoms in total. The van der Waals surface area contributed by atoms with E-state index in [1.165, 1.54) is 0 Å². The number of fused-ring (bicyclic) bond motifs is 1. The van der Waals surface area contributed by atoms with Crippen molar-refractivity contribution in [2.24, 2.45) is 0 Å². The van der Waals surface area contributed by atoms with Gasteiger partial charge >= 0.3 is 0 Å². The molecule has 0 fully saturated rings. The van der Waals surface area contributed by atoms with Crippen molar-refractivity contribution in [2.75, 3.05) is 13.2 Å². The molecule has 0 unspecified atom stereocenters. The Labute approximate surface area is 154 Å². The number of nitrogens with one attached hydrogen (secondary N) is 1. The predicted octanol–water partition coefficient (Wildman–Crippen LogP) is 3.72. The average Bonchev–Trinajstić information content (AvgIpc) is 2.65. The summed E-state index contributed by atoms with van der Waals surface area (Å²) < 4.78 is 32.9. The van der Waals surface area contributed by atoms with E-state index in [4.69, 9.17) is 4.74 Å². The van der Waals surface area contributed by atoms with E-state index < -0.39 is 10.0 Å². The minimum Gasteiger partial charge on any atom is -0.492 e. The van der Waals surface area contributed by atoms with E-state index >= 15 is 0 Å². The fourth-order valence-electron chi connectivity index (χ4n) is 2.60. The van der Waals surface area contributed by atoms with Crippen LogP contribution >= 0.6 is 0 Å². The van der Waals surface area contributed by atoms with Crippen LogP contribution in [-0.4, -0.2) is 26.6 Å². The van der Waals surface area contributed by atoms with Gasteiger partial charge in [-0.1, -0.05) is 32.0 Å². The van der Waals surface area contributed by atoms with Gasteiger partial charge in [0.05, 0.1) is 10.4 Å². The van der Waals surface area contributed by atoms with Crippen LogP contribution in [0.25, 0.3) is 10.9 Å². The number of ether oxygens (including phenoxy) is 1. The summed E-state index contributed by atoms with van der Waals surface area (Å²) in [6, 6.07) is 16.4. The van der Waals surface area contributed by atoms with Crippen LogP contribution in [0.3, 0.4) is 0 Å². The summed E-state index contributed by atoms with van der Waals surface area (Å²) in [5.41, 5.74) is 2.00. The Hall–Kier alpha value is -2.44. The van der Waals surface area contributed by atoms with E-state index in [0.717, 1.165) is 16.5 Å². The molecule has 26 heavy (non-hydrogen) atoms. The van der Waals surface area contributed by atoms with Gasteiger partial charge < -0.3 is 4.74 Å². The molecule has 1 aromatic heterocycles. The Kier molecular flexibility index (Phi) is 5.54. The van der Waals surface area contributed by atoms with Crippen molar-refractivity contribution >= 4 is 20.9 Å². The highest BCUT2D eigenvalue weighted by molar-refractivity contribution is 7.89. The van der Waals surface area contributed by atoms with Crippen LogP contribution in [0.15, 0.2) is 65.7 Å².